The highest BCUT2D eigenvalue weighted by Gasteiger charge is 2.16. The Balaban J connectivity index is 2.37. The van der Waals surface area contributed by atoms with Gasteiger partial charge in [-0.15, -0.1) is 0 Å². The van der Waals surface area contributed by atoms with Gasteiger partial charge >= 0.3 is 0 Å². The van der Waals surface area contributed by atoms with Crippen LogP contribution in [0, 0.1) is 0 Å². The lowest BCUT2D eigenvalue weighted by molar-refractivity contribution is -0.114. The number of halogens is 1. The molecule has 1 heterocycles. The number of nitrogens with zero attached hydrogens (tertiary/aromatic N) is 2. The van der Waals surface area contributed by atoms with Gasteiger partial charge in [-0.2, -0.15) is 5.10 Å². The highest BCUT2D eigenvalue weighted by Crippen LogP contribution is 2.30. The number of rotatable bonds is 3. The third-order valence-electron chi connectivity index (χ3n) is 2.99. The van der Waals surface area contributed by atoms with Crippen molar-refractivity contribution in [2.24, 2.45) is 0 Å². The Morgan fingerprint density at radius 2 is 2.18 bits per heavy atom. The molecule has 0 amide bonds. The summed E-state index contributed by atoms with van der Waals surface area (Å²) in [4.78, 5) is 11.6. The Hall–Kier alpha value is -0.900. The molecule has 2 rings (SSSR count). The summed E-state index contributed by atoms with van der Waals surface area (Å²) in [6.07, 6.45) is 8.41. The zero-order valence-electron chi connectivity index (χ0n) is 10.1. The molecule has 1 aromatic heterocycles. The molecule has 1 aromatic rings. The van der Waals surface area contributed by atoms with E-state index in [1.54, 1.807) is 6.08 Å². The minimum Gasteiger partial charge on any atom is -0.295 e. The predicted molar refractivity (Wildman–Crippen MR) is 71.7 cm³/mol. The predicted octanol–water partition coefficient (Wildman–Crippen LogP) is 3.58. The first-order chi connectivity index (χ1) is 8.22. The summed E-state index contributed by atoms with van der Waals surface area (Å²) in [6, 6.07) is 0. The molecule has 0 bridgehead atoms. The van der Waals surface area contributed by atoms with Crippen molar-refractivity contribution < 1.29 is 4.79 Å². The first-order valence-electron chi connectivity index (χ1n) is 6.17. The summed E-state index contributed by atoms with van der Waals surface area (Å²) in [5, 5.41) is 4.35. The number of aryl methyl sites for hydroxylation is 1. The van der Waals surface area contributed by atoms with E-state index in [4.69, 9.17) is 0 Å². The fraction of sp³-hybridized carbons (Fsp3) is 0.538. The van der Waals surface area contributed by atoms with Crippen LogP contribution in [-0.2, 0) is 11.3 Å². The molecule has 17 heavy (non-hydrogen) atoms. The maximum atomic E-state index is 11.6. The standard InChI is InChI=1S/C13H17BrN2O/c1-2-7-16-13(12(14)9-15-16)10-5-3-4-6-11(17)8-10/h8-9H,2-7H2,1H3. The van der Waals surface area contributed by atoms with Gasteiger partial charge in [0.25, 0.3) is 0 Å². The Morgan fingerprint density at radius 3 is 2.94 bits per heavy atom. The lowest BCUT2D eigenvalue weighted by Crippen LogP contribution is -2.04. The lowest BCUT2D eigenvalue weighted by Gasteiger charge is -2.09. The number of ketones is 1. The molecule has 3 nitrogen and oxygen atoms in total. The van der Waals surface area contributed by atoms with Crippen LogP contribution in [0.5, 0.6) is 0 Å². The minimum absolute atomic E-state index is 0.244. The Kier molecular flexibility index (Phi) is 4.15. The molecule has 0 N–H and O–H groups in total. The average molecular weight is 297 g/mol. The van der Waals surface area contributed by atoms with Crippen molar-refractivity contribution >= 4 is 27.3 Å². The minimum atomic E-state index is 0.244. The van der Waals surface area contributed by atoms with Gasteiger partial charge in [0.05, 0.1) is 16.4 Å². The van der Waals surface area contributed by atoms with Gasteiger partial charge in [0.1, 0.15) is 0 Å². The Morgan fingerprint density at radius 1 is 1.41 bits per heavy atom. The molecule has 4 heteroatoms. The molecule has 92 valence electrons. The third-order valence-corrected chi connectivity index (χ3v) is 3.57. The van der Waals surface area contributed by atoms with Crippen molar-refractivity contribution in [3.8, 4) is 0 Å². The maximum absolute atomic E-state index is 11.6. The van der Waals surface area contributed by atoms with E-state index in [1.807, 2.05) is 10.9 Å². The highest BCUT2D eigenvalue weighted by atomic mass is 79.9. The zero-order valence-corrected chi connectivity index (χ0v) is 11.7. The molecule has 0 unspecified atom stereocenters. The largest absolute Gasteiger partial charge is 0.295 e. The van der Waals surface area contributed by atoms with E-state index >= 15 is 0 Å². The molecule has 1 aliphatic carbocycles. The quantitative estimate of drug-likeness (QED) is 0.854. The van der Waals surface area contributed by atoms with E-state index in [0.29, 0.717) is 6.42 Å². The topological polar surface area (TPSA) is 34.9 Å². The van der Waals surface area contributed by atoms with Gasteiger partial charge in [-0.25, -0.2) is 0 Å². The van der Waals surface area contributed by atoms with E-state index in [0.717, 1.165) is 48.0 Å². The third kappa shape index (κ3) is 2.86. The van der Waals surface area contributed by atoms with E-state index < -0.39 is 0 Å². The first kappa shape index (κ1) is 12.6. The van der Waals surface area contributed by atoms with Crippen molar-refractivity contribution in [2.45, 2.75) is 45.6 Å². The van der Waals surface area contributed by atoms with Crippen molar-refractivity contribution in [3.05, 3.63) is 22.4 Å². The number of hydrogen-bond donors (Lipinski definition) is 0. The van der Waals surface area contributed by atoms with Crippen LogP contribution in [0.1, 0.15) is 44.7 Å². The van der Waals surface area contributed by atoms with E-state index in [9.17, 15) is 4.79 Å². The molecule has 0 saturated heterocycles. The molecule has 0 saturated carbocycles. The van der Waals surface area contributed by atoms with E-state index in [-0.39, 0.29) is 5.78 Å². The fourth-order valence-corrected chi connectivity index (χ4v) is 2.75. The van der Waals surface area contributed by atoms with Crippen LogP contribution in [0.2, 0.25) is 0 Å². The van der Waals surface area contributed by atoms with E-state index in [1.165, 1.54) is 0 Å². The van der Waals surface area contributed by atoms with Gasteiger partial charge in [0.2, 0.25) is 0 Å². The van der Waals surface area contributed by atoms with Crippen molar-refractivity contribution in [2.75, 3.05) is 0 Å². The van der Waals surface area contributed by atoms with Gasteiger partial charge in [-0.1, -0.05) is 6.92 Å². The fourth-order valence-electron chi connectivity index (χ4n) is 2.20. The molecule has 0 spiro atoms. The number of aromatic nitrogens is 2. The summed E-state index contributed by atoms with van der Waals surface area (Å²) in [6.45, 7) is 3.03. The SMILES string of the molecule is CCCn1ncc(Br)c1C1=CC(=O)CCCC1. The summed E-state index contributed by atoms with van der Waals surface area (Å²) < 4.78 is 2.99. The molecule has 0 aliphatic heterocycles. The van der Waals surface area contributed by atoms with Crippen LogP contribution < -0.4 is 0 Å². The molecule has 0 radical (unpaired) electrons. The van der Waals surface area contributed by atoms with Gasteiger partial charge in [0.15, 0.2) is 5.78 Å². The number of carbonyl (C=O) groups excluding carboxylic acids is 1. The number of hydrogen-bond acceptors (Lipinski definition) is 2. The summed E-state index contributed by atoms with van der Waals surface area (Å²) in [7, 11) is 0. The first-order valence-corrected chi connectivity index (χ1v) is 6.96. The summed E-state index contributed by atoms with van der Waals surface area (Å²) in [5.41, 5.74) is 2.22. The second kappa shape index (κ2) is 5.63. The maximum Gasteiger partial charge on any atom is 0.156 e. The van der Waals surface area contributed by atoms with Crippen molar-refractivity contribution in [1.82, 2.24) is 9.78 Å². The molecule has 0 atom stereocenters. The molecular formula is C13H17BrN2O. The Labute approximate surface area is 110 Å². The second-order valence-electron chi connectivity index (χ2n) is 4.41. The van der Waals surface area contributed by atoms with Gasteiger partial charge < -0.3 is 0 Å². The molecule has 1 aliphatic rings. The van der Waals surface area contributed by atoms with E-state index in [2.05, 4.69) is 28.0 Å². The zero-order chi connectivity index (χ0) is 12.3. The second-order valence-corrected chi connectivity index (χ2v) is 5.26. The smallest absolute Gasteiger partial charge is 0.156 e. The number of allylic oxidation sites excluding steroid dienone is 2. The average Bonchev–Trinajstić information content (AvgIpc) is 2.52. The molecule has 0 aromatic carbocycles. The van der Waals surface area contributed by atoms with Gasteiger partial charge in [0, 0.05) is 13.0 Å². The van der Waals surface area contributed by atoms with Crippen LogP contribution >= 0.6 is 15.9 Å². The van der Waals surface area contributed by atoms with Gasteiger partial charge in [-0.3, -0.25) is 9.48 Å². The monoisotopic (exact) mass is 296 g/mol. The molecule has 0 fully saturated rings. The highest BCUT2D eigenvalue weighted by molar-refractivity contribution is 9.10. The van der Waals surface area contributed by atoms with Crippen molar-refractivity contribution in [3.63, 3.8) is 0 Å². The van der Waals surface area contributed by atoms with Crippen LogP contribution in [0.25, 0.3) is 5.57 Å². The normalized spacial score (nSPS) is 16.8. The Bertz CT molecular complexity index is 448. The van der Waals surface area contributed by atoms with Crippen LogP contribution in [-0.4, -0.2) is 15.6 Å². The number of carbonyl (C=O) groups is 1. The van der Waals surface area contributed by atoms with Crippen LogP contribution in [0.15, 0.2) is 16.7 Å². The molecular weight excluding hydrogens is 280 g/mol. The summed E-state index contributed by atoms with van der Waals surface area (Å²) in [5.74, 6) is 0.244. The summed E-state index contributed by atoms with van der Waals surface area (Å²) >= 11 is 3.53. The van der Waals surface area contributed by atoms with Crippen LogP contribution in [0.3, 0.4) is 0 Å². The van der Waals surface area contributed by atoms with Gasteiger partial charge in [-0.05, 0) is 53.3 Å². The van der Waals surface area contributed by atoms with Crippen molar-refractivity contribution in [1.29, 1.82) is 0 Å². The van der Waals surface area contributed by atoms with Crippen LogP contribution in [0.4, 0.5) is 0 Å². The lowest BCUT2D eigenvalue weighted by atomic mass is 10.1.